The number of nitrogens with one attached hydrogen (secondary N) is 1. The molecule has 1 aromatic heterocycles. The van der Waals surface area contributed by atoms with Gasteiger partial charge in [0.1, 0.15) is 12.1 Å². The van der Waals surface area contributed by atoms with Crippen molar-refractivity contribution in [1.82, 2.24) is 10.2 Å². The molecule has 7 heteroatoms. The Balaban J connectivity index is 2.28. The predicted molar refractivity (Wildman–Crippen MR) is 92.6 cm³/mol. The number of carbonyl (C=O) groups excluding carboxylic acids is 2. The van der Waals surface area contributed by atoms with Gasteiger partial charge in [0.2, 0.25) is 5.91 Å². The molecule has 0 aliphatic rings. The van der Waals surface area contributed by atoms with Gasteiger partial charge in [0.15, 0.2) is 0 Å². The zero-order valence-corrected chi connectivity index (χ0v) is 15.7. The zero-order chi connectivity index (χ0) is 16.0. The van der Waals surface area contributed by atoms with Gasteiger partial charge in [0.05, 0.1) is 2.88 Å². The van der Waals surface area contributed by atoms with Crippen molar-refractivity contribution in [1.29, 1.82) is 0 Å². The Labute approximate surface area is 143 Å². The second kappa shape index (κ2) is 7.98. The molecule has 0 atom stereocenters. The Morgan fingerprint density at radius 1 is 1.38 bits per heavy atom. The van der Waals surface area contributed by atoms with Crippen LogP contribution in [-0.4, -0.2) is 42.6 Å². The smallest absolute Gasteiger partial charge is 0.410 e. The number of hydrogen-bond donors (Lipinski definition) is 1. The lowest BCUT2D eigenvalue weighted by Crippen LogP contribution is -2.41. The fourth-order valence-electron chi connectivity index (χ4n) is 1.49. The number of nitrogens with zero attached hydrogens (tertiary/aromatic N) is 1. The number of amides is 2. The van der Waals surface area contributed by atoms with Crippen LogP contribution in [0, 0.1) is 2.88 Å². The van der Waals surface area contributed by atoms with Crippen molar-refractivity contribution in [2.24, 2.45) is 0 Å². The van der Waals surface area contributed by atoms with Gasteiger partial charge in [-0.15, -0.1) is 11.3 Å². The van der Waals surface area contributed by atoms with E-state index in [0.29, 0.717) is 6.54 Å². The zero-order valence-electron chi connectivity index (χ0n) is 12.7. The van der Waals surface area contributed by atoms with Gasteiger partial charge in [-0.3, -0.25) is 4.79 Å². The molecule has 1 aromatic rings. The summed E-state index contributed by atoms with van der Waals surface area (Å²) in [7, 11) is 1.55. The standard InChI is InChI=1S/C14H21IN2O3S/c1-14(2,3)20-13(19)17(4)9-12(18)16-8-7-10-5-6-11(15)21-10/h5-6H,7-9H2,1-4H3,(H,16,18). The number of halogens is 1. The summed E-state index contributed by atoms with van der Waals surface area (Å²) < 4.78 is 6.42. The number of hydrogen-bond acceptors (Lipinski definition) is 4. The van der Waals surface area contributed by atoms with Gasteiger partial charge >= 0.3 is 6.09 Å². The lowest BCUT2D eigenvalue weighted by atomic mass is 10.2. The molecule has 0 fully saturated rings. The second-order valence-corrected chi connectivity index (χ2v) is 8.70. The van der Waals surface area contributed by atoms with E-state index in [1.165, 1.54) is 12.7 Å². The topological polar surface area (TPSA) is 58.6 Å². The fourth-order valence-corrected chi connectivity index (χ4v) is 3.24. The third-order valence-corrected chi connectivity index (χ3v) is 4.36. The molecule has 1 rings (SSSR count). The Morgan fingerprint density at radius 2 is 2.05 bits per heavy atom. The normalized spacial score (nSPS) is 11.1. The number of rotatable bonds is 5. The van der Waals surface area contributed by atoms with E-state index in [1.54, 1.807) is 39.2 Å². The molecule has 2 amide bonds. The van der Waals surface area contributed by atoms with E-state index in [4.69, 9.17) is 4.74 Å². The van der Waals surface area contributed by atoms with E-state index in [-0.39, 0.29) is 12.5 Å². The Kier molecular flexibility index (Phi) is 6.92. The van der Waals surface area contributed by atoms with Crippen LogP contribution in [0.2, 0.25) is 0 Å². The van der Waals surface area contributed by atoms with E-state index >= 15 is 0 Å². The molecule has 5 nitrogen and oxygen atoms in total. The van der Waals surface area contributed by atoms with Crippen molar-refractivity contribution in [2.75, 3.05) is 20.1 Å². The maximum Gasteiger partial charge on any atom is 0.410 e. The Bertz CT molecular complexity index is 497. The Hall–Kier alpha value is -0.830. The first-order valence-corrected chi connectivity index (χ1v) is 8.52. The van der Waals surface area contributed by atoms with Gasteiger partial charge in [-0.2, -0.15) is 0 Å². The van der Waals surface area contributed by atoms with E-state index in [2.05, 4.69) is 40.0 Å². The highest BCUT2D eigenvalue weighted by Crippen LogP contribution is 2.18. The maximum absolute atomic E-state index is 11.8. The van der Waals surface area contributed by atoms with E-state index in [1.807, 2.05) is 0 Å². The average molecular weight is 424 g/mol. The highest BCUT2D eigenvalue weighted by molar-refractivity contribution is 14.1. The van der Waals surface area contributed by atoms with Crippen LogP contribution >= 0.6 is 33.9 Å². The summed E-state index contributed by atoms with van der Waals surface area (Å²) in [5.74, 6) is -0.186. The minimum Gasteiger partial charge on any atom is -0.444 e. The van der Waals surface area contributed by atoms with Crippen LogP contribution in [0.4, 0.5) is 4.79 Å². The minimum atomic E-state index is -0.557. The van der Waals surface area contributed by atoms with Gasteiger partial charge in [0.25, 0.3) is 0 Å². The van der Waals surface area contributed by atoms with Crippen LogP contribution in [0.1, 0.15) is 25.6 Å². The highest BCUT2D eigenvalue weighted by atomic mass is 127. The molecule has 0 bridgehead atoms. The number of thiophene rings is 1. The minimum absolute atomic E-state index is 0.00309. The molecule has 0 unspecified atom stereocenters. The first kappa shape index (κ1) is 18.2. The molecule has 0 saturated heterocycles. The molecule has 0 aliphatic carbocycles. The second-order valence-electron chi connectivity index (χ2n) is 5.64. The third-order valence-electron chi connectivity index (χ3n) is 2.41. The van der Waals surface area contributed by atoms with Gasteiger partial charge in [-0.1, -0.05) is 0 Å². The summed E-state index contributed by atoms with van der Waals surface area (Å²) in [5, 5.41) is 2.80. The van der Waals surface area contributed by atoms with Gasteiger partial charge in [-0.05, 0) is 61.9 Å². The molecule has 0 radical (unpaired) electrons. The summed E-state index contributed by atoms with van der Waals surface area (Å²) >= 11 is 3.99. The summed E-state index contributed by atoms with van der Waals surface area (Å²) in [5.41, 5.74) is -0.557. The third kappa shape index (κ3) is 7.66. The number of ether oxygens (including phenoxy) is 1. The van der Waals surface area contributed by atoms with Crippen LogP contribution < -0.4 is 5.32 Å². The molecule has 1 N–H and O–H groups in total. The average Bonchev–Trinajstić information content (AvgIpc) is 2.72. The Morgan fingerprint density at radius 3 is 2.57 bits per heavy atom. The molecule has 0 spiro atoms. The van der Waals surface area contributed by atoms with Crippen LogP contribution in [0.3, 0.4) is 0 Å². The lowest BCUT2D eigenvalue weighted by molar-refractivity contribution is -0.121. The van der Waals surface area contributed by atoms with Crippen molar-refractivity contribution < 1.29 is 14.3 Å². The van der Waals surface area contributed by atoms with Gasteiger partial charge in [-0.25, -0.2) is 4.79 Å². The van der Waals surface area contributed by atoms with E-state index in [9.17, 15) is 9.59 Å². The number of carbonyl (C=O) groups is 2. The summed E-state index contributed by atoms with van der Waals surface area (Å²) in [4.78, 5) is 26.0. The molecule has 118 valence electrons. The monoisotopic (exact) mass is 424 g/mol. The fraction of sp³-hybridized carbons (Fsp3) is 0.571. The maximum atomic E-state index is 11.8. The molecular weight excluding hydrogens is 403 g/mol. The van der Waals surface area contributed by atoms with Crippen molar-refractivity contribution in [2.45, 2.75) is 32.8 Å². The van der Waals surface area contributed by atoms with E-state index in [0.717, 1.165) is 6.42 Å². The summed E-state index contributed by atoms with van der Waals surface area (Å²) in [6, 6.07) is 4.12. The van der Waals surface area contributed by atoms with Gasteiger partial charge < -0.3 is 15.0 Å². The van der Waals surface area contributed by atoms with Crippen LogP contribution in [0.15, 0.2) is 12.1 Å². The highest BCUT2D eigenvalue weighted by Gasteiger charge is 2.20. The first-order valence-electron chi connectivity index (χ1n) is 6.62. The van der Waals surface area contributed by atoms with E-state index < -0.39 is 11.7 Å². The predicted octanol–water partition coefficient (Wildman–Crippen LogP) is 2.88. The van der Waals surface area contributed by atoms with Crippen LogP contribution in [0.25, 0.3) is 0 Å². The summed E-state index contributed by atoms with van der Waals surface area (Å²) in [6.45, 7) is 5.94. The quantitative estimate of drug-likeness (QED) is 0.740. The summed E-state index contributed by atoms with van der Waals surface area (Å²) in [6.07, 6.45) is 0.306. The van der Waals surface area contributed by atoms with Crippen LogP contribution in [-0.2, 0) is 16.0 Å². The van der Waals surface area contributed by atoms with Crippen molar-refractivity contribution in [3.05, 3.63) is 19.9 Å². The molecule has 21 heavy (non-hydrogen) atoms. The van der Waals surface area contributed by atoms with Crippen molar-refractivity contribution in [3.63, 3.8) is 0 Å². The molecule has 0 aromatic carbocycles. The van der Waals surface area contributed by atoms with Crippen LogP contribution in [0.5, 0.6) is 0 Å². The SMILES string of the molecule is CN(CC(=O)NCCc1ccc(I)s1)C(=O)OC(C)(C)C. The largest absolute Gasteiger partial charge is 0.444 e. The molecule has 0 aliphatic heterocycles. The molecule has 0 saturated carbocycles. The molecular formula is C14H21IN2O3S. The molecule has 1 heterocycles. The lowest BCUT2D eigenvalue weighted by Gasteiger charge is -2.24. The van der Waals surface area contributed by atoms with Crippen molar-refractivity contribution in [3.8, 4) is 0 Å². The first-order chi connectivity index (χ1) is 9.67. The van der Waals surface area contributed by atoms with Gasteiger partial charge in [0, 0.05) is 18.5 Å². The van der Waals surface area contributed by atoms with Crippen molar-refractivity contribution >= 4 is 45.9 Å². The number of likely N-dealkylation sites (N-methyl/N-ethyl adjacent to an activating group) is 1.